The van der Waals surface area contributed by atoms with Crippen LogP contribution >= 0.6 is 0 Å². The summed E-state index contributed by atoms with van der Waals surface area (Å²) in [6, 6.07) is 12.3. The first-order valence-electron chi connectivity index (χ1n) is 6.12. The zero-order valence-corrected chi connectivity index (χ0v) is 12.2. The van der Waals surface area contributed by atoms with Crippen molar-refractivity contribution in [2.24, 2.45) is 0 Å². The highest BCUT2D eigenvalue weighted by Crippen LogP contribution is 2.15. The fraction of sp³-hybridized carbons (Fsp3) is 0.133. The van der Waals surface area contributed by atoms with Crippen LogP contribution in [0.4, 0.5) is 5.69 Å². The second-order valence-electron chi connectivity index (χ2n) is 4.13. The molecule has 0 aliphatic carbocycles. The number of hydrogen-bond acceptors (Lipinski definition) is 3. The van der Waals surface area contributed by atoms with Crippen molar-refractivity contribution in [3.63, 3.8) is 0 Å². The number of esters is 1. The Balaban J connectivity index is 0.00000220. The van der Waals surface area contributed by atoms with E-state index in [-0.39, 0.29) is 24.9 Å². The number of anilines is 1. The molecule has 0 fully saturated rings. The van der Waals surface area contributed by atoms with Crippen LogP contribution < -0.4 is 22.3 Å². The van der Waals surface area contributed by atoms with E-state index in [1.165, 1.54) is 7.11 Å². The van der Waals surface area contributed by atoms with Crippen LogP contribution in [0.1, 0.15) is 10.4 Å². The lowest BCUT2D eigenvalue weighted by Gasteiger charge is -2.08. The van der Waals surface area contributed by atoms with Crippen molar-refractivity contribution in [3.05, 3.63) is 60.4 Å². The third kappa shape index (κ3) is 4.57. The molecule has 0 atom stereocenters. The molecule has 0 spiro atoms. The number of rotatable bonds is 4. The molecule has 1 N–H and O–H groups in total. The number of amides is 1. The molecule has 1 heterocycles. The van der Waals surface area contributed by atoms with Gasteiger partial charge in [0.25, 0.3) is 5.91 Å². The molecule has 0 saturated heterocycles. The highest BCUT2D eigenvalue weighted by atomic mass is 35.5. The number of benzene rings is 1. The molecule has 0 aliphatic heterocycles. The van der Waals surface area contributed by atoms with Crippen LogP contribution in [0.25, 0.3) is 0 Å². The maximum absolute atomic E-state index is 12.0. The lowest BCUT2D eigenvalue weighted by Crippen LogP contribution is -3.00. The Kier molecular flexibility index (Phi) is 6.36. The number of nitrogens with zero attached hydrogens (tertiary/aromatic N) is 1. The molecule has 0 bridgehead atoms. The van der Waals surface area contributed by atoms with E-state index in [9.17, 15) is 9.59 Å². The summed E-state index contributed by atoms with van der Waals surface area (Å²) in [5.74, 6) is -0.689. The van der Waals surface area contributed by atoms with E-state index in [0.29, 0.717) is 11.3 Å². The molecule has 0 unspecified atom stereocenters. The summed E-state index contributed by atoms with van der Waals surface area (Å²) in [4.78, 5) is 23.6. The quantitative estimate of drug-likeness (QED) is 0.547. The van der Waals surface area contributed by atoms with Crippen molar-refractivity contribution >= 4 is 17.6 Å². The Bertz CT molecular complexity index is 617. The van der Waals surface area contributed by atoms with Crippen LogP contribution in [0.3, 0.4) is 0 Å². The number of carbonyl (C=O) groups excluding carboxylic acids is 2. The van der Waals surface area contributed by atoms with Gasteiger partial charge in [-0.05, 0) is 12.1 Å². The van der Waals surface area contributed by atoms with Gasteiger partial charge in [0.05, 0.1) is 18.4 Å². The van der Waals surface area contributed by atoms with E-state index in [1.807, 2.05) is 18.2 Å². The normalized spacial score (nSPS) is 9.38. The molecule has 0 aliphatic rings. The number of halogens is 1. The molecule has 6 heteroatoms. The first kappa shape index (κ1) is 16.7. The van der Waals surface area contributed by atoms with Crippen LogP contribution in [0.2, 0.25) is 0 Å². The van der Waals surface area contributed by atoms with Crippen molar-refractivity contribution in [2.75, 3.05) is 12.4 Å². The minimum Gasteiger partial charge on any atom is -1.00 e. The number of para-hydroxylation sites is 1. The van der Waals surface area contributed by atoms with E-state index >= 15 is 0 Å². The summed E-state index contributed by atoms with van der Waals surface area (Å²) in [6.45, 7) is 0.177. The van der Waals surface area contributed by atoms with Crippen LogP contribution in [-0.4, -0.2) is 19.0 Å². The molecule has 21 heavy (non-hydrogen) atoms. The third-order valence-corrected chi connectivity index (χ3v) is 2.71. The standard InChI is InChI=1S/C15H14N2O3.ClH/c1-20-15(19)12-7-3-4-8-13(12)16-14(18)11-17-9-5-2-6-10-17;/h2-10H,11H2,1H3;1H. The molecule has 2 aromatic rings. The van der Waals surface area contributed by atoms with Gasteiger partial charge in [0.1, 0.15) is 0 Å². The first-order valence-corrected chi connectivity index (χ1v) is 6.12. The summed E-state index contributed by atoms with van der Waals surface area (Å²) in [7, 11) is 1.31. The van der Waals surface area contributed by atoms with E-state index in [1.54, 1.807) is 41.2 Å². The van der Waals surface area contributed by atoms with Gasteiger partial charge in [-0.25, -0.2) is 4.79 Å². The van der Waals surface area contributed by atoms with Gasteiger partial charge in [-0.2, -0.15) is 4.57 Å². The van der Waals surface area contributed by atoms with Crippen LogP contribution in [-0.2, 0) is 16.1 Å². The lowest BCUT2D eigenvalue weighted by molar-refractivity contribution is -0.684. The van der Waals surface area contributed by atoms with Gasteiger partial charge in [-0.15, -0.1) is 0 Å². The van der Waals surface area contributed by atoms with E-state index in [4.69, 9.17) is 0 Å². The predicted octanol–water partition coefficient (Wildman–Crippen LogP) is -1.60. The molecule has 110 valence electrons. The molecule has 0 saturated carbocycles. The average molecular weight is 307 g/mol. The molecular weight excluding hydrogens is 292 g/mol. The topological polar surface area (TPSA) is 59.3 Å². The number of nitrogens with one attached hydrogen (secondary N) is 1. The minimum absolute atomic E-state index is 0. The smallest absolute Gasteiger partial charge is 0.339 e. The van der Waals surface area contributed by atoms with Gasteiger partial charge in [0, 0.05) is 12.1 Å². The monoisotopic (exact) mass is 306 g/mol. The summed E-state index contributed by atoms with van der Waals surface area (Å²) < 4.78 is 6.43. The van der Waals surface area contributed by atoms with Crippen LogP contribution in [0, 0.1) is 0 Å². The lowest BCUT2D eigenvalue weighted by atomic mass is 10.2. The molecule has 1 amide bonds. The second kappa shape index (κ2) is 8.01. The van der Waals surface area contributed by atoms with E-state index in [2.05, 4.69) is 10.1 Å². The van der Waals surface area contributed by atoms with Gasteiger partial charge in [-0.1, -0.05) is 18.2 Å². The van der Waals surface area contributed by atoms with Gasteiger partial charge in [0.2, 0.25) is 6.54 Å². The molecule has 0 radical (unpaired) electrons. The fourth-order valence-electron chi connectivity index (χ4n) is 1.78. The van der Waals surface area contributed by atoms with Gasteiger partial charge >= 0.3 is 5.97 Å². The van der Waals surface area contributed by atoms with Crippen LogP contribution in [0.15, 0.2) is 54.9 Å². The highest BCUT2D eigenvalue weighted by Gasteiger charge is 2.15. The van der Waals surface area contributed by atoms with Gasteiger partial charge in [0.15, 0.2) is 12.4 Å². The van der Waals surface area contributed by atoms with Crippen molar-refractivity contribution in [1.82, 2.24) is 0 Å². The minimum atomic E-state index is -0.478. The molecule has 1 aromatic carbocycles. The Hall–Kier alpha value is -2.40. The van der Waals surface area contributed by atoms with Crippen molar-refractivity contribution in [3.8, 4) is 0 Å². The Morgan fingerprint density at radius 3 is 2.43 bits per heavy atom. The zero-order chi connectivity index (χ0) is 14.4. The number of hydrogen-bond donors (Lipinski definition) is 1. The Morgan fingerprint density at radius 1 is 1.10 bits per heavy atom. The van der Waals surface area contributed by atoms with Gasteiger partial charge < -0.3 is 22.5 Å². The number of carbonyl (C=O) groups is 2. The Morgan fingerprint density at radius 2 is 1.76 bits per heavy atom. The molecule has 5 nitrogen and oxygen atoms in total. The van der Waals surface area contributed by atoms with Crippen molar-refractivity contribution in [2.45, 2.75) is 6.54 Å². The third-order valence-electron chi connectivity index (χ3n) is 2.71. The molecular formula is C15H15ClN2O3. The highest BCUT2D eigenvalue weighted by molar-refractivity contribution is 6.00. The maximum atomic E-state index is 12.0. The average Bonchev–Trinajstić information content (AvgIpc) is 2.48. The largest absolute Gasteiger partial charge is 1.00 e. The first-order chi connectivity index (χ1) is 9.70. The maximum Gasteiger partial charge on any atom is 0.339 e. The van der Waals surface area contributed by atoms with Gasteiger partial charge in [-0.3, -0.25) is 4.79 Å². The number of aromatic nitrogens is 1. The van der Waals surface area contributed by atoms with Crippen molar-refractivity contribution < 1.29 is 31.3 Å². The van der Waals surface area contributed by atoms with E-state index < -0.39 is 5.97 Å². The number of methoxy groups -OCH3 is 1. The predicted molar refractivity (Wildman–Crippen MR) is 73.0 cm³/mol. The summed E-state index contributed by atoms with van der Waals surface area (Å²) in [5.41, 5.74) is 0.780. The summed E-state index contributed by atoms with van der Waals surface area (Å²) in [6.07, 6.45) is 3.59. The van der Waals surface area contributed by atoms with Crippen LogP contribution in [0.5, 0.6) is 0 Å². The summed E-state index contributed by atoms with van der Waals surface area (Å²) >= 11 is 0. The Labute approximate surface area is 129 Å². The SMILES string of the molecule is COC(=O)c1ccccc1NC(=O)C[n+]1ccccc1.[Cl-]. The molecule has 1 aromatic heterocycles. The molecule has 2 rings (SSSR count). The fourth-order valence-corrected chi connectivity index (χ4v) is 1.78. The second-order valence-corrected chi connectivity index (χ2v) is 4.13. The van der Waals surface area contributed by atoms with E-state index in [0.717, 1.165) is 0 Å². The number of ether oxygens (including phenoxy) is 1. The summed E-state index contributed by atoms with van der Waals surface area (Å²) in [5, 5.41) is 2.71. The van der Waals surface area contributed by atoms with Crippen molar-refractivity contribution in [1.29, 1.82) is 0 Å². The zero-order valence-electron chi connectivity index (χ0n) is 11.5. The number of pyridine rings is 1.